The second kappa shape index (κ2) is 14.1. The molecule has 0 radical (unpaired) electrons. The highest BCUT2D eigenvalue weighted by atomic mass is 16.5. The molecule has 4 aromatic carbocycles. The average molecular weight is 693 g/mol. The lowest BCUT2D eigenvalue weighted by molar-refractivity contribution is -0.159. The van der Waals surface area contributed by atoms with Gasteiger partial charge < -0.3 is 20.5 Å². The number of nitrogens with one attached hydrogen (secondary N) is 2. The van der Waals surface area contributed by atoms with Crippen molar-refractivity contribution in [1.29, 1.82) is 0 Å². The Bertz CT molecular complexity index is 2290. The summed E-state index contributed by atoms with van der Waals surface area (Å²) >= 11 is 0. The zero-order valence-electron chi connectivity index (χ0n) is 28.5. The Morgan fingerprint density at radius 3 is 1.46 bits per heavy atom. The first-order valence-corrected chi connectivity index (χ1v) is 17.1. The van der Waals surface area contributed by atoms with Gasteiger partial charge in [0.15, 0.2) is 10.8 Å². The number of ether oxygens (including phenoxy) is 1. The van der Waals surface area contributed by atoms with E-state index >= 15 is 0 Å². The van der Waals surface area contributed by atoms with E-state index in [1.54, 1.807) is 37.8 Å². The van der Waals surface area contributed by atoms with Crippen molar-refractivity contribution in [3.05, 3.63) is 144 Å². The van der Waals surface area contributed by atoms with E-state index in [-0.39, 0.29) is 25.4 Å². The number of hydrogen-bond acceptors (Lipinski definition) is 7. The lowest BCUT2D eigenvalue weighted by atomic mass is 9.83. The Hall–Kier alpha value is -6.42. The van der Waals surface area contributed by atoms with Crippen molar-refractivity contribution in [2.75, 3.05) is 17.2 Å². The summed E-state index contributed by atoms with van der Waals surface area (Å²) in [6.45, 7) is 1.99. The molecule has 0 saturated carbocycles. The van der Waals surface area contributed by atoms with Crippen LogP contribution >= 0.6 is 0 Å². The van der Waals surface area contributed by atoms with Gasteiger partial charge >= 0.3 is 11.9 Å². The molecule has 2 aromatic heterocycles. The first kappa shape index (κ1) is 34.0. The van der Waals surface area contributed by atoms with Gasteiger partial charge in [0.05, 0.1) is 6.61 Å². The van der Waals surface area contributed by atoms with Crippen LogP contribution in [0.2, 0.25) is 0 Å². The first-order chi connectivity index (χ1) is 25.2. The molecule has 2 aliphatic rings. The fourth-order valence-electron chi connectivity index (χ4n) is 7.25. The molecule has 10 heteroatoms. The zero-order chi connectivity index (χ0) is 36.3. The molecule has 3 N–H and O–H groups in total. The number of nitrogens with zero attached hydrogens (tertiary/aromatic N) is 2. The number of carboxylic acid groups (broad SMARTS) is 1. The molecule has 52 heavy (non-hydrogen) atoms. The summed E-state index contributed by atoms with van der Waals surface area (Å²) in [5.74, 6) is -2.38. The topological polar surface area (TPSA) is 148 Å². The van der Waals surface area contributed by atoms with Gasteiger partial charge in [-0.15, -0.1) is 0 Å². The summed E-state index contributed by atoms with van der Waals surface area (Å²) in [5, 5.41) is 19.2. The molecule has 2 amide bonds. The second-order valence-corrected chi connectivity index (χ2v) is 13.1. The number of amides is 2. The minimum absolute atomic E-state index is 0.205. The number of carbonyl (C=O) groups is 4. The van der Waals surface area contributed by atoms with Gasteiger partial charge in [0.1, 0.15) is 0 Å². The highest BCUT2D eigenvalue weighted by molar-refractivity contribution is 6.13. The second-order valence-electron chi connectivity index (χ2n) is 13.1. The third kappa shape index (κ3) is 6.23. The van der Waals surface area contributed by atoms with Crippen LogP contribution in [0.15, 0.2) is 122 Å². The third-order valence-electron chi connectivity index (χ3n) is 10.0. The quantitative estimate of drug-likeness (QED) is 0.126. The molecule has 2 aliphatic carbocycles. The van der Waals surface area contributed by atoms with Crippen molar-refractivity contribution in [1.82, 2.24) is 9.97 Å². The van der Waals surface area contributed by atoms with Gasteiger partial charge in [0, 0.05) is 57.7 Å². The van der Waals surface area contributed by atoms with Gasteiger partial charge in [-0.1, -0.05) is 72.8 Å². The minimum Gasteiger partial charge on any atom is -0.480 e. The van der Waals surface area contributed by atoms with Gasteiger partial charge in [-0.05, 0) is 79.1 Å². The molecule has 8 rings (SSSR count). The zero-order valence-corrected chi connectivity index (χ0v) is 28.5. The molecule has 0 unspecified atom stereocenters. The molecule has 0 atom stereocenters. The number of aliphatic carboxylic acids is 1. The standard InChI is InChI=1S/C22H20N2O3.C20H16N2O3/c1-2-27-21(26)22(12-15-6-3-4-7-16(15)13-22)20(25)24-19-9-5-8-17-14-23-11-10-18(17)19;23-18(22-17-7-3-6-15-12-21-9-8-16(15)17)20(19(24)25)10-13-4-1-2-5-14(13)11-20/h3-11,14H,2,12-13H2,1H3,(H,24,25);1-9,12H,10-11H2,(H,22,23)(H,24,25). The van der Waals surface area contributed by atoms with Gasteiger partial charge in [0.25, 0.3) is 0 Å². The van der Waals surface area contributed by atoms with Crippen LogP contribution in [0, 0.1) is 10.8 Å². The molecule has 0 aliphatic heterocycles. The largest absolute Gasteiger partial charge is 0.480 e. The normalized spacial score (nSPS) is 14.7. The Balaban J connectivity index is 0.000000162. The molecular formula is C42H36N4O6. The van der Waals surface area contributed by atoms with E-state index in [1.807, 2.05) is 91.0 Å². The average Bonchev–Trinajstić information content (AvgIpc) is 3.77. The maximum Gasteiger partial charge on any atom is 0.322 e. The van der Waals surface area contributed by atoms with E-state index < -0.39 is 28.7 Å². The number of carbonyl (C=O) groups excluding carboxylic acids is 3. The van der Waals surface area contributed by atoms with Crippen LogP contribution in [0.3, 0.4) is 0 Å². The van der Waals surface area contributed by atoms with E-state index in [1.165, 1.54) is 0 Å². The van der Waals surface area contributed by atoms with Crippen LogP contribution in [0.25, 0.3) is 21.5 Å². The predicted molar refractivity (Wildman–Crippen MR) is 198 cm³/mol. The summed E-state index contributed by atoms with van der Waals surface area (Å²) in [6.07, 6.45) is 7.90. The third-order valence-corrected chi connectivity index (χ3v) is 10.0. The lowest BCUT2D eigenvalue weighted by Gasteiger charge is -2.25. The number of anilines is 2. The monoisotopic (exact) mass is 692 g/mol. The number of carboxylic acids is 1. The molecule has 260 valence electrons. The van der Waals surface area contributed by atoms with E-state index in [0.29, 0.717) is 24.2 Å². The predicted octanol–water partition coefficient (Wildman–Crippen LogP) is 6.56. The summed E-state index contributed by atoms with van der Waals surface area (Å²) in [4.78, 5) is 59.4. The van der Waals surface area contributed by atoms with Crippen LogP contribution in [0.5, 0.6) is 0 Å². The number of fused-ring (bicyclic) bond motifs is 4. The van der Waals surface area contributed by atoms with Crippen molar-refractivity contribution in [3.63, 3.8) is 0 Å². The molecule has 0 bridgehead atoms. The number of esters is 1. The van der Waals surface area contributed by atoms with Crippen molar-refractivity contribution in [2.24, 2.45) is 10.8 Å². The summed E-state index contributed by atoms with van der Waals surface area (Å²) in [5.41, 5.74) is 2.42. The number of hydrogen-bond donors (Lipinski definition) is 3. The SMILES string of the molecule is CCOC(=O)C1(C(=O)Nc2cccc3cnccc23)Cc2ccccc2C1.O=C(O)C1(C(=O)Nc2cccc3cnccc23)Cc2ccccc2C1. The highest BCUT2D eigenvalue weighted by Crippen LogP contribution is 2.41. The van der Waals surface area contributed by atoms with Crippen LogP contribution in [-0.4, -0.2) is 45.4 Å². The Kier molecular flexibility index (Phi) is 9.21. The Morgan fingerprint density at radius 2 is 1.04 bits per heavy atom. The molecule has 6 aromatic rings. The van der Waals surface area contributed by atoms with Gasteiger partial charge in [-0.25, -0.2) is 0 Å². The molecule has 0 fully saturated rings. The number of aromatic nitrogens is 2. The fourth-order valence-corrected chi connectivity index (χ4v) is 7.25. The smallest absolute Gasteiger partial charge is 0.322 e. The number of pyridine rings is 2. The Morgan fingerprint density at radius 1 is 0.615 bits per heavy atom. The highest BCUT2D eigenvalue weighted by Gasteiger charge is 2.52. The van der Waals surface area contributed by atoms with Crippen molar-refractivity contribution in [3.8, 4) is 0 Å². The maximum absolute atomic E-state index is 13.3. The molecule has 2 heterocycles. The van der Waals surface area contributed by atoms with E-state index in [0.717, 1.165) is 43.8 Å². The van der Waals surface area contributed by atoms with Crippen LogP contribution in [-0.2, 0) is 49.6 Å². The number of rotatable bonds is 7. The van der Waals surface area contributed by atoms with Gasteiger partial charge in [0.2, 0.25) is 11.8 Å². The molecule has 0 saturated heterocycles. The van der Waals surface area contributed by atoms with Crippen LogP contribution in [0.1, 0.15) is 29.2 Å². The molecule has 10 nitrogen and oxygen atoms in total. The maximum atomic E-state index is 13.3. The van der Waals surface area contributed by atoms with Crippen molar-refractivity contribution >= 4 is 56.7 Å². The summed E-state index contributed by atoms with van der Waals surface area (Å²) in [6, 6.07) is 30.1. The van der Waals surface area contributed by atoms with E-state index in [9.17, 15) is 24.3 Å². The van der Waals surface area contributed by atoms with Gasteiger partial charge in [-0.2, -0.15) is 0 Å². The van der Waals surface area contributed by atoms with Crippen molar-refractivity contribution in [2.45, 2.75) is 32.6 Å². The van der Waals surface area contributed by atoms with Gasteiger partial charge in [-0.3, -0.25) is 29.1 Å². The fraction of sp³-hybridized carbons (Fsp3) is 0.190. The minimum atomic E-state index is -1.47. The Labute approximate surface area is 299 Å². The summed E-state index contributed by atoms with van der Waals surface area (Å²) in [7, 11) is 0. The number of benzene rings is 4. The van der Waals surface area contributed by atoms with Crippen LogP contribution < -0.4 is 10.6 Å². The molecule has 0 spiro atoms. The van der Waals surface area contributed by atoms with Crippen molar-refractivity contribution < 1.29 is 29.0 Å². The van der Waals surface area contributed by atoms with E-state index in [2.05, 4.69) is 20.6 Å². The lowest BCUT2D eigenvalue weighted by Crippen LogP contribution is -2.45. The van der Waals surface area contributed by atoms with Crippen LogP contribution in [0.4, 0.5) is 11.4 Å². The van der Waals surface area contributed by atoms with E-state index in [4.69, 9.17) is 4.74 Å². The first-order valence-electron chi connectivity index (χ1n) is 17.1. The summed E-state index contributed by atoms with van der Waals surface area (Å²) < 4.78 is 5.30. The molecular weight excluding hydrogens is 656 g/mol.